The Bertz CT molecular complexity index is 3010. The SMILES string of the molecule is CCCCCc1cc(C(=O)c2cc(-c3cccc(F)c3C#N)ccc2-c2cccc(F)c2C#N)ccc1Oc1ccc2cc(S(=O)(O)(O)CCCC)cc(S(=O)(O)(O)CCCC)c2c1. The van der Waals surface area contributed by atoms with Gasteiger partial charge in [0.15, 0.2) is 5.78 Å². The summed E-state index contributed by atoms with van der Waals surface area (Å²) in [6.45, 7) is 5.60. The zero-order valence-electron chi connectivity index (χ0n) is 35.8. The average molecular weight is 909 g/mol. The molecule has 6 rings (SSSR count). The van der Waals surface area contributed by atoms with Crippen molar-refractivity contribution in [1.29, 1.82) is 10.5 Å². The highest BCUT2D eigenvalue weighted by Gasteiger charge is 2.39. The molecule has 0 aliphatic rings. The third-order valence-electron chi connectivity index (χ3n) is 11.2. The summed E-state index contributed by atoms with van der Waals surface area (Å²) in [6, 6.07) is 28.0. The van der Waals surface area contributed by atoms with Gasteiger partial charge in [-0.05, 0) is 108 Å². The number of benzene rings is 6. The van der Waals surface area contributed by atoms with Crippen LogP contribution in [0.5, 0.6) is 11.5 Å². The van der Waals surface area contributed by atoms with Crippen molar-refractivity contribution in [3.8, 4) is 45.9 Å². The van der Waals surface area contributed by atoms with Crippen LogP contribution in [-0.2, 0) is 25.7 Å². The number of ether oxygens (including phenoxy) is 1. The van der Waals surface area contributed by atoms with E-state index in [0.717, 1.165) is 31.0 Å². The molecule has 0 unspecified atom stereocenters. The summed E-state index contributed by atoms with van der Waals surface area (Å²) in [6.07, 6.45) is 4.19. The van der Waals surface area contributed by atoms with Gasteiger partial charge in [0.2, 0.25) is 0 Å². The molecule has 0 amide bonds. The Balaban J connectivity index is 1.49. The lowest BCUT2D eigenvalue weighted by Gasteiger charge is -2.36. The van der Waals surface area contributed by atoms with Crippen LogP contribution in [0.3, 0.4) is 0 Å². The highest BCUT2D eigenvalue weighted by molar-refractivity contribution is 8.11. The molecule has 0 atom stereocenters. The molecule has 0 saturated heterocycles. The summed E-state index contributed by atoms with van der Waals surface area (Å²) in [5, 5.41) is 20.0. The Morgan fingerprint density at radius 3 is 1.92 bits per heavy atom. The van der Waals surface area contributed by atoms with E-state index in [4.69, 9.17) is 4.74 Å². The van der Waals surface area contributed by atoms with E-state index in [1.807, 2.05) is 19.1 Å². The van der Waals surface area contributed by atoms with E-state index in [-0.39, 0.29) is 68.3 Å². The topological polar surface area (TPSA) is 189 Å². The number of ketones is 1. The van der Waals surface area contributed by atoms with Crippen molar-refractivity contribution in [2.75, 3.05) is 11.5 Å². The van der Waals surface area contributed by atoms with Crippen LogP contribution in [0, 0.1) is 34.3 Å². The van der Waals surface area contributed by atoms with Gasteiger partial charge in [-0.2, -0.15) is 10.5 Å². The molecule has 0 heterocycles. The second-order valence-electron chi connectivity index (χ2n) is 16.0. The van der Waals surface area contributed by atoms with Gasteiger partial charge in [0, 0.05) is 27.6 Å². The quantitative estimate of drug-likeness (QED) is 0.0477. The normalized spacial score (nSPS) is 13.0. The predicted molar refractivity (Wildman–Crippen MR) is 247 cm³/mol. The number of nitriles is 2. The number of carbonyl (C=O) groups excluding carboxylic acids is 1. The number of nitrogens with zero attached hydrogens (tertiary/aromatic N) is 2. The monoisotopic (exact) mass is 908 g/mol. The summed E-state index contributed by atoms with van der Waals surface area (Å²) >= 11 is 0. The molecule has 4 N–H and O–H groups in total. The number of aryl methyl sites for hydroxylation is 1. The van der Waals surface area contributed by atoms with Crippen molar-refractivity contribution >= 4 is 35.8 Å². The van der Waals surface area contributed by atoms with Crippen LogP contribution in [0.4, 0.5) is 8.78 Å². The highest BCUT2D eigenvalue weighted by Crippen LogP contribution is 2.43. The van der Waals surface area contributed by atoms with Gasteiger partial charge in [0.05, 0.1) is 32.4 Å². The molecule has 0 radical (unpaired) electrons. The van der Waals surface area contributed by atoms with Gasteiger partial charge in [0.1, 0.15) is 54.5 Å². The summed E-state index contributed by atoms with van der Waals surface area (Å²) in [5.74, 6) is -2.62. The fraction of sp³-hybridized carbons (Fsp3) is 0.260. The van der Waals surface area contributed by atoms with E-state index in [1.54, 1.807) is 38.1 Å². The molecule has 10 nitrogen and oxygen atoms in total. The molecule has 6 aromatic carbocycles. The maximum atomic E-state index is 15.0. The average Bonchev–Trinajstić information content (AvgIpc) is 3.27. The van der Waals surface area contributed by atoms with Crippen LogP contribution in [0.15, 0.2) is 113 Å². The zero-order valence-corrected chi connectivity index (χ0v) is 37.4. The first kappa shape index (κ1) is 47.5. The molecular weight excluding hydrogens is 859 g/mol. The number of halogens is 2. The number of hydrogen-bond acceptors (Lipinski definition) is 6. The van der Waals surface area contributed by atoms with Crippen LogP contribution in [0.1, 0.15) is 98.3 Å². The van der Waals surface area contributed by atoms with E-state index in [9.17, 15) is 50.7 Å². The highest BCUT2D eigenvalue weighted by atomic mass is 32.3. The standard InChI is InChI=1S/C50H50F2N2O8S2/c1-4-7-10-13-35-26-36(50(55)43-28-34(39-14-11-16-46(51)44(39)31-53)19-22-41(43)40-15-12-17-47(52)45(40)32-54)20-23-48(35)62-37-21-18-33-27-38(63(56,57,58)24-8-5-2)30-49(42(33)29-37)64(59,60,61)25-9-6-3/h11-12,14-23,26-30H,4-10,13,24-25H2,1-3H3,(H2,56,57,58)(H2,59,60,61). The minimum atomic E-state index is -5.66. The second-order valence-corrected chi connectivity index (χ2v) is 21.8. The number of carbonyl (C=O) groups is 1. The van der Waals surface area contributed by atoms with Gasteiger partial charge in [-0.3, -0.25) is 4.79 Å². The van der Waals surface area contributed by atoms with Gasteiger partial charge in [-0.15, -0.1) is 0 Å². The van der Waals surface area contributed by atoms with Crippen LogP contribution < -0.4 is 4.74 Å². The predicted octanol–water partition coefficient (Wildman–Crippen LogP) is 12.8. The molecule has 0 bridgehead atoms. The first-order valence-corrected chi connectivity index (χ1v) is 25.2. The molecule has 0 saturated carbocycles. The zero-order chi connectivity index (χ0) is 46.5. The van der Waals surface area contributed by atoms with Crippen LogP contribution >= 0.6 is 0 Å². The molecule has 0 fully saturated rings. The van der Waals surface area contributed by atoms with E-state index in [2.05, 4.69) is 0 Å². The number of unbranched alkanes of at least 4 members (excludes halogenated alkanes) is 4. The Kier molecular flexibility index (Phi) is 13.8. The third kappa shape index (κ3) is 10.0. The minimum absolute atomic E-state index is 0.0525. The smallest absolute Gasteiger partial charge is 0.193 e. The van der Waals surface area contributed by atoms with E-state index >= 15 is 0 Å². The van der Waals surface area contributed by atoms with Crippen LogP contribution in [0.25, 0.3) is 33.0 Å². The molecule has 14 heteroatoms. The first-order valence-electron chi connectivity index (χ1n) is 21.1. The van der Waals surface area contributed by atoms with E-state index in [0.29, 0.717) is 42.6 Å². The van der Waals surface area contributed by atoms with Crippen LogP contribution in [0.2, 0.25) is 0 Å². The molecular formula is C50H50F2N2O8S2. The molecule has 6 aromatic rings. The van der Waals surface area contributed by atoms with Crippen molar-refractivity contribution < 1.29 is 44.9 Å². The van der Waals surface area contributed by atoms with E-state index < -0.39 is 58.0 Å². The molecule has 0 spiro atoms. The van der Waals surface area contributed by atoms with Crippen molar-refractivity contribution in [3.05, 3.63) is 143 Å². The number of fused-ring (bicyclic) bond motifs is 1. The summed E-state index contributed by atoms with van der Waals surface area (Å²) in [5.41, 5.74) is 1.33. The number of hydrogen-bond donors (Lipinski definition) is 4. The van der Waals surface area contributed by atoms with Gasteiger partial charge in [-0.1, -0.05) is 88.9 Å². The molecule has 0 aliphatic carbocycles. The van der Waals surface area contributed by atoms with Crippen LogP contribution in [-0.4, -0.2) is 43.9 Å². The molecule has 334 valence electrons. The van der Waals surface area contributed by atoms with Crippen molar-refractivity contribution in [2.24, 2.45) is 0 Å². The van der Waals surface area contributed by atoms with E-state index in [1.165, 1.54) is 60.7 Å². The van der Waals surface area contributed by atoms with Crippen molar-refractivity contribution in [2.45, 2.75) is 81.9 Å². The summed E-state index contributed by atoms with van der Waals surface area (Å²) < 4.78 is 109. The summed E-state index contributed by atoms with van der Waals surface area (Å²) in [7, 11) is -11.2. The minimum Gasteiger partial charge on any atom is -0.457 e. The fourth-order valence-corrected chi connectivity index (χ4v) is 11.5. The third-order valence-corrected chi connectivity index (χ3v) is 15.7. The molecule has 64 heavy (non-hydrogen) atoms. The molecule has 0 aliphatic heterocycles. The van der Waals surface area contributed by atoms with Gasteiger partial charge < -0.3 is 22.9 Å². The number of rotatable bonds is 18. The Morgan fingerprint density at radius 2 is 1.28 bits per heavy atom. The Hall–Kier alpha value is -5.97. The largest absolute Gasteiger partial charge is 0.457 e. The van der Waals surface area contributed by atoms with Crippen molar-refractivity contribution in [1.82, 2.24) is 0 Å². The maximum Gasteiger partial charge on any atom is 0.193 e. The lowest BCUT2D eigenvalue weighted by atomic mass is 9.87. The molecule has 0 aromatic heterocycles. The lowest BCUT2D eigenvalue weighted by molar-refractivity contribution is 0.103. The van der Waals surface area contributed by atoms with Gasteiger partial charge in [0.25, 0.3) is 0 Å². The Labute approximate surface area is 371 Å². The van der Waals surface area contributed by atoms with Crippen molar-refractivity contribution in [3.63, 3.8) is 0 Å². The Morgan fingerprint density at radius 1 is 0.656 bits per heavy atom. The van der Waals surface area contributed by atoms with Gasteiger partial charge >= 0.3 is 0 Å². The second kappa shape index (κ2) is 18.6. The van der Waals surface area contributed by atoms with Gasteiger partial charge in [-0.25, -0.2) is 17.2 Å². The lowest BCUT2D eigenvalue weighted by Crippen LogP contribution is -2.38. The fourth-order valence-electron chi connectivity index (χ4n) is 7.69. The maximum absolute atomic E-state index is 15.0. The first-order chi connectivity index (χ1) is 30.3. The summed E-state index contributed by atoms with van der Waals surface area (Å²) in [4.78, 5) is 13.7.